The standard InChI is InChI=1S/C12H12N6O2/c1-3-20-11(19)9-8-10(15-7(2)14-8)17-12(16-9)18-5-4-13-6-18/h4-6H,3H2,1-2H3,(H,14,15,16,17). The maximum Gasteiger partial charge on any atom is 0.359 e. The van der Waals surface area contributed by atoms with Crippen LogP contribution in [0, 0.1) is 6.92 Å². The molecule has 20 heavy (non-hydrogen) atoms. The van der Waals surface area contributed by atoms with E-state index in [-0.39, 0.29) is 12.3 Å². The number of rotatable bonds is 3. The van der Waals surface area contributed by atoms with Crippen molar-refractivity contribution in [3.63, 3.8) is 0 Å². The first-order valence-corrected chi connectivity index (χ1v) is 6.09. The highest BCUT2D eigenvalue weighted by molar-refractivity contribution is 5.99. The molecule has 3 aromatic rings. The monoisotopic (exact) mass is 272 g/mol. The number of aromatic nitrogens is 6. The smallest absolute Gasteiger partial charge is 0.359 e. The second kappa shape index (κ2) is 4.72. The Morgan fingerprint density at radius 1 is 1.40 bits per heavy atom. The lowest BCUT2D eigenvalue weighted by atomic mass is 10.3. The Kier molecular flexibility index (Phi) is 2.90. The van der Waals surface area contributed by atoms with E-state index in [0.717, 1.165) is 0 Å². The molecule has 0 saturated heterocycles. The first kappa shape index (κ1) is 12.3. The predicted molar refractivity (Wildman–Crippen MR) is 69.5 cm³/mol. The molecule has 0 aliphatic carbocycles. The first-order chi connectivity index (χ1) is 9.69. The van der Waals surface area contributed by atoms with Gasteiger partial charge in [0.05, 0.1) is 6.61 Å². The number of aryl methyl sites for hydroxylation is 1. The normalized spacial score (nSPS) is 10.9. The molecule has 0 aliphatic rings. The van der Waals surface area contributed by atoms with Gasteiger partial charge < -0.3 is 9.72 Å². The molecule has 0 atom stereocenters. The number of carbonyl (C=O) groups is 1. The SMILES string of the molecule is CCOC(=O)c1nc(-n2ccnc2)nc2nc(C)[nH]c12. The number of hydrogen-bond donors (Lipinski definition) is 1. The summed E-state index contributed by atoms with van der Waals surface area (Å²) in [6.45, 7) is 3.80. The van der Waals surface area contributed by atoms with Gasteiger partial charge in [0.1, 0.15) is 17.7 Å². The summed E-state index contributed by atoms with van der Waals surface area (Å²) in [5.41, 5.74) is 1.07. The van der Waals surface area contributed by atoms with Gasteiger partial charge >= 0.3 is 5.97 Å². The topological polar surface area (TPSA) is 98.6 Å². The van der Waals surface area contributed by atoms with Gasteiger partial charge in [-0.25, -0.2) is 19.7 Å². The van der Waals surface area contributed by atoms with E-state index in [4.69, 9.17) is 4.74 Å². The van der Waals surface area contributed by atoms with Crippen molar-refractivity contribution in [3.05, 3.63) is 30.2 Å². The third-order valence-corrected chi connectivity index (χ3v) is 2.66. The minimum atomic E-state index is -0.509. The highest BCUT2D eigenvalue weighted by atomic mass is 16.5. The van der Waals surface area contributed by atoms with Gasteiger partial charge in [-0.05, 0) is 13.8 Å². The zero-order valence-corrected chi connectivity index (χ0v) is 11.0. The minimum absolute atomic E-state index is 0.168. The van der Waals surface area contributed by atoms with Gasteiger partial charge in [0.25, 0.3) is 0 Å². The molecule has 1 N–H and O–H groups in total. The molecule has 0 spiro atoms. The number of fused-ring (bicyclic) bond motifs is 1. The average Bonchev–Trinajstić information content (AvgIpc) is 3.04. The molecule has 3 rings (SSSR count). The van der Waals surface area contributed by atoms with Gasteiger partial charge in [0.2, 0.25) is 5.95 Å². The van der Waals surface area contributed by atoms with Crippen molar-refractivity contribution in [1.29, 1.82) is 0 Å². The summed E-state index contributed by atoms with van der Waals surface area (Å²) >= 11 is 0. The molecule has 0 saturated carbocycles. The Balaban J connectivity index is 2.22. The molecule has 3 aromatic heterocycles. The Morgan fingerprint density at radius 3 is 2.95 bits per heavy atom. The number of carbonyl (C=O) groups excluding carboxylic acids is 1. The van der Waals surface area contributed by atoms with Crippen LogP contribution in [-0.4, -0.2) is 42.1 Å². The molecule has 8 nitrogen and oxygen atoms in total. The number of H-pyrrole nitrogens is 1. The lowest BCUT2D eigenvalue weighted by molar-refractivity contribution is 0.0521. The summed E-state index contributed by atoms with van der Waals surface area (Å²) in [6.07, 6.45) is 4.85. The summed E-state index contributed by atoms with van der Waals surface area (Å²) in [6, 6.07) is 0. The van der Waals surface area contributed by atoms with Crippen molar-refractivity contribution in [2.45, 2.75) is 13.8 Å². The Bertz CT molecular complexity index is 762. The van der Waals surface area contributed by atoms with Crippen LogP contribution < -0.4 is 0 Å². The van der Waals surface area contributed by atoms with Crippen molar-refractivity contribution in [1.82, 2.24) is 29.5 Å². The van der Waals surface area contributed by atoms with Crippen LogP contribution >= 0.6 is 0 Å². The number of hydrogen-bond acceptors (Lipinski definition) is 6. The van der Waals surface area contributed by atoms with Crippen LogP contribution in [0.25, 0.3) is 17.1 Å². The fourth-order valence-corrected chi connectivity index (χ4v) is 1.84. The quantitative estimate of drug-likeness (QED) is 0.715. The van der Waals surface area contributed by atoms with E-state index in [1.165, 1.54) is 0 Å². The van der Waals surface area contributed by atoms with Crippen LogP contribution in [-0.2, 0) is 4.74 Å². The van der Waals surface area contributed by atoms with Gasteiger partial charge in [-0.15, -0.1) is 0 Å². The van der Waals surface area contributed by atoms with Crippen LogP contribution in [0.4, 0.5) is 0 Å². The van der Waals surface area contributed by atoms with E-state index in [2.05, 4.69) is 24.9 Å². The number of imidazole rings is 2. The largest absolute Gasteiger partial charge is 0.461 e. The molecule has 0 unspecified atom stereocenters. The van der Waals surface area contributed by atoms with Crippen LogP contribution in [0.1, 0.15) is 23.2 Å². The highest BCUT2D eigenvalue weighted by Crippen LogP contribution is 2.16. The third kappa shape index (κ3) is 2.00. The Morgan fingerprint density at radius 2 is 2.25 bits per heavy atom. The molecule has 0 aromatic carbocycles. The predicted octanol–water partition coefficient (Wildman–Crippen LogP) is 1.02. The number of nitrogens with zero attached hydrogens (tertiary/aromatic N) is 5. The zero-order chi connectivity index (χ0) is 14.1. The minimum Gasteiger partial charge on any atom is -0.461 e. The average molecular weight is 272 g/mol. The number of esters is 1. The van der Waals surface area contributed by atoms with Crippen molar-refractivity contribution in [2.24, 2.45) is 0 Å². The van der Waals surface area contributed by atoms with Crippen LogP contribution in [0.5, 0.6) is 0 Å². The zero-order valence-electron chi connectivity index (χ0n) is 11.0. The van der Waals surface area contributed by atoms with Gasteiger partial charge in [0, 0.05) is 12.4 Å². The maximum atomic E-state index is 12.0. The second-order valence-electron chi connectivity index (χ2n) is 4.08. The molecule has 8 heteroatoms. The van der Waals surface area contributed by atoms with E-state index in [1.54, 1.807) is 37.1 Å². The number of ether oxygens (including phenoxy) is 1. The van der Waals surface area contributed by atoms with E-state index in [9.17, 15) is 4.79 Å². The fourth-order valence-electron chi connectivity index (χ4n) is 1.84. The van der Waals surface area contributed by atoms with Crippen molar-refractivity contribution in [3.8, 4) is 5.95 Å². The Labute approximate surface area is 113 Å². The second-order valence-corrected chi connectivity index (χ2v) is 4.08. The Hall–Kier alpha value is -2.77. The van der Waals surface area contributed by atoms with Crippen LogP contribution in [0.15, 0.2) is 18.7 Å². The molecule has 0 amide bonds. The molecule has 0 aliphatic heterocycles. The number of aromatic amines is 1. The van der Waals surface area contributed by atoms with Crippen molar-refractivity contribution >= 4 is 17.1 Å². The van der Waals surface area contributed by atoms with E-state index < -0.39 is 5.97 Å². The van der Waals surface area contributed by atoms with E-state index in [1.807, 2.05) is 0 Å². The highest BCUT2D eigenvalue weighted by Gasteiger charge is 2.19. The lowest BCUT2D eigenvalue weighted by Crippen LogP contribution is -2.11. The lowest BCUT2D eigenvalue weighted by Gasteiger charge is -2.05. The fraction of sp³-hybridized carbons (Fsp3) is 0.250. The number of nitrogens with one attached hydrogen (secondary N) is 1. The van der Waals surface area contributed by atoms with Crippen molar-refractivity contribution in [2.75, 3.05) is 6.61 Å². The van der Waals surface area contributed by atoms with Gasteiger partial charge in [0.15, 0.2) is 11.3 Å². The van der Waals surface area contributed by atoms with Gasteiger partial charge in [-0.1, -0.05) is 0 Å². The summed E-state index contributed by atoms with van der Waals surface area (Å²) in [5.74, 6) is 0.470. The van der Waals surface area contributed by atoms with Crippen LogP contribution in [0.3, 0.4) is 0 Å². The van der Waals surface area contributed by atoms with Crippen LogP contribution in [0.2, 0.25) is 0 Å². The van der Waals surface area contributed by atoms with Gasteiger partial charge in [-0.3, -0.25) is 4.57 Å². The summed E-state index contributed by atoms with van der Waals surface area (Å²) in [7, 11) is 0. The molecule has 0 bridgehead atoms. The molecule has 3 heterocycles. The molecule has 0 fully saturated rings. The summed E-state index contributed by atoms with van der Waals surface area (Å²) in [5, 5.41) is 0. The molecular formula is C12H12N6O2. The maximum absolute atomic E-state index is 12.0. The summed E-state index contributed by atoms with van der Waals surface area (Å²) in [4.78, 5) is 31.7. The third-order valence-electron chi connectivity index (χ3n) is 2.66. The van der Waals surface area contributed by atoms with Gasteiger partial charge in [-0.2, -0.15) is 4.98 Å². The molecular weight excluding hydrogens is 260 g/mol. The summed E-state index contributed by atoms with van der Waals surface area (Å²) < 4.78 is 6.62. The van der Waals surface area contributed by atoms with E-state index in [0.29, 0.717) is 22.9 Å². The van der Waals surface area contributed by atoms with E-state index >= 15 is 0 Å². The first-order valence-electron chi connectivity index (χ1n) is 6.09. The molecule has 102 valence electrons. The molecule has 0 radical (unpaired) electrons. The van der Waals surface area contributed by atoms with Crippen molar-refractivity contribution < 1.29 is 9.53 Å².